The zero-order valence-electron chi connectivity index (χ0n) is 10.5. The lowest BCUT2D eigenvalue weighted by molar-refractivity contribution is -0.120. The molecule has 0 aromatic heterocycles. The van der Waals surface area contributed by atoms with Gasteiger partial charge in [-0.1, -0.05) is 12.1 Å². The Hall–Kier alpha value is -1.56. The minimum absolute atomic E-state index is 0.405. The number of carbonyl (C=O) groups excluding carboxylic acids is 1. The lowest BCUT2D eigenvalue weighted by Crippen LogP contribution is -2.38. The molecule has 0 heterocycles. The van der Waals surface area contributed by atoms with Crippen molar-refractivity contribution in [2.75, 3.05) is 18.5 Å². The quantitative estimate of drug-likeness (QED) is 0.756. The molecule has 3 N–H and O–H groups in total. The standard InChI is InChI=1S/C12H18N2O3S/c1-9(18(2,16)17)12(15)14-8-7-10-3-5-11(13)6-4-10/h3-6,9H,7-8,13H2,1-2H3,(H,14,15). The molecule has 100 valence electrons. The Balaban J connectivity index is 2.43. The first-order valence-electron chi connectivity index (χ1n) is 5.61. The third-order valence-electron chi connectivity index (χ3n) is 2.70. The number of rotatable bonds is 5. The molecular weight excluding hydrogens is 252 g/mol. The molecule has 1 unspecified atom stereocenters. The van der Waals surface area contributed by atoms with Gasteiger partial charge in [-0.2, -0.15) is 0 Å². The fourth-order valence-corrected chi connectivity index (χ4v) is 1.82. The van der Waals surface area contributed by atoms with E-state index in [-0.39, 0.29) is 0 Å². The Morgan fingerprint density at radius 2 is 1.89 bits per heavy atom. The molecule has 0 saturated carbocycles. The van der Waals surface area contributed by atoms with Crippen molar-refractivity contribution in [1.82, 2.24) is 5.32 Å². The number of sulfone groups is 1. The van der Waals surface area contributed by atoms with Crippen molar-refractivity contribution < 1.29 is 13.2 Å². The van der Waals surface area contributed by atoms with Gasteiger partial charge < -0.3 is 11.1 Å². The molecule has 0 bridgehead atoms. The van der Waals surface area contributed by atoms with Crippen molar-refractivity contribution in [3.8, 4) is 0 Å². The second kappa shape index (κ2) is 5.86. The van der Waals surface area contributed by atoms with Crippen LogP contribution in [0.1, 0.15) is 12.5 Å². The number of anilines is 1. The van der Waals surface area contributed by atoms with Crippen LogP contribution in [0.2, 0.25) is 0 Å². The van der Waals surface area contributed by atoms with E-state index in [2.05, 4.69) is 5.32 Å². The van der Waals surface area contributed by atoms with Gasteiger partial charge in [0.1, 0.15) is 5.25 Å². The summed E-state index contributed by atoms with van der Waals surface area (Å²) in [7, 11) is -3.33. The molecule has 0 spiro atoms. The highest BCUT2D eigenvalue weighted by Crippen LogP contribution is 2.05. The molecule has 0 saturated heterocycles. The highest BCUT2D eigenvalue weighted by Gasteiger charge is 2.22. The molecule has 0 aliphatic heterocycles. The summed E-state index contributed by atoms with van der Waals surface area (Å²) < 4.78 is 22.3. The van der Waals surface area contributed by atoms with E-state index in [1.807, 2.05) is 12.1 Å². The maximum Gasteiger partial charge on any atom is 0.238 e. The number of carbonyl (C=O) groups is 1. The molecule has 1 rings (SSSR count). The minimum Gasteiger partial charge on any atom is -0.399 e. The first-order valence-corrected chi connectivity index (χ1v) is 7.57. The molecular formula is C12H18N2O3S. The van der Waals surface area contributed by atoms with Gasteiger partial charge in [0.15, 0.2) is 9.84 Å². The fraction of sp³-hybridized carbons (Fsp3) is 0.417. The van der Waals surface area contributed by atoms with Crippen LogP contribution < -0.4 is 11.1 Å². The van der Waals surface area contributed by atoms with Gasteiger partial charge in [0.25, 0.3) is 0 Å². The number of nitrogens with two attached hydrogens (primary N) is 1. The van der Waals surface area contributed by atoms with Crippen LogP contribution in [0.5, 0.6) is 0 Å². The fourth-order valence-electron chi connectivity index (χ4n) is 1.35. The highest BCUT2D eigenvalue weighted by atomic mass is 32.2. The molecule has 1 aromatic rings. The summed E-state index contributed by atoms with van der Waals surface area (Å²) in [5.74, 6) is -0.465. The Morgan fingerprint density at radius 1 is 1.33 bits per heavy atom. The number of nitrogen functional groups attached to an aromatic ring is 1. The van der Waals surface area contributed by atoms with E-state index in [1.165, 1.54) is 6.92 Å². The SMILES string of the molecule is CC(C(=O)NCCc1ccc(N)cc1)S(C)(=O)=O. The molecule has 0 radical (unpaired) electrons. The van der Waals surface area contributed by atoms with E-state index in [4.69, 9.17) is 5.73 Å². The summed E-state index contributed by atoms with van der Waals surface area (Å²) in [6.45, 7) is 1.79. The summed E-state index contributed by atoms with van der Waals surface area (Å²) in [6.07, 6.45) is 1.69. The van der Waals surface area contributed by atoms with E-state index in [0.29, 0.717) is 18.7 Å². The van der Waals surface area contributed by atoms with Gasteiger partial charge >= 0.3 is 0 Å². The van der Waals surface area contributed by atoms with Crippen molar-refractivity contribution in [3.05, 3.63) is 29.8 Å². The van der Waals surface area contributed by atoms with E-state index >= 15 is 0 Å². The van der Waals surface area contributed by atoms with Gasteiger partial charge in [0, 0.05) is 18.5 Å². The number of benzene rings is 1. The first-order chi connectivity index (χ1) is 8.30. The molecule has 1 aromatic carbocycles. The third kappa shape index (κ3) is 4.37. The topological polar surface area (TPSA) is 89.3 Å². The summed E-state index contributed by atoms with van der Waals surface area (Å²) in [6, 6.07) is 7.33. The monoisotopic (exact) mass is 270 g/mol. The van der Waals surface area contributed by atoms with Gasteiger partial charge in [-0.15, -0.1) is 0 Å². The van der Waals surface area contributed by atoms with Crippen molar-refractivity contribution in [3.63, 3.8) is 0 Å². The van der Waals surface area contributed by atoms with E-state index in [0.717, 1.165) is 11.8 Å². The zero-order valence-corrected chi connectivity index (χ0v) is 11.3. The lowest BCUT2D eigenvalue weighted by Gasteiger charge is -2.10. The van der Waals surface area contributed by atoms with E-state index < -0.39 is 21.0 Å². The van der Waals surface area contributed by atoms with Gasteiger partial charge in [0.05, 0.1) is 0 Å². The molecule has 5 nitrogen and oxygen atoms in total. The predicted octanol–water partition coefficient (Wildman–Crippen LogP) is 0.361. The highest BCUT2D eigenvalue weighted by molar-refractivity contribution is 7.92. The Bertz CT molecular complexity index is 509. The summed E-state index contributed by atoms with van der Waals surface area (Å²) in [5.41, 5.74) is 7.28. The predicted molar refractivity (Wildman–Crippen MR) is 71.9 cm³/mol. The summed E-state index contributed by atoms with van der Waals surface area (Å²) >= 11 is 0. The van der Waals surface area contributed by atoms with Crippen molar-refractivity contribution in [2.45, 2.75) is 18.6 Å². The van der Waals surface area contributed by atoms with Crippen molar-refractivity contribution in [2.24, 2.45) is 0 Å². The second-order valence-corrected chi connectivity index (χ2v) is 6.62. The van der Waals surface area contributed by atoms with Crippen LogP contribution in [0.4, 0.5) is 5.69 Å². The first kappa shape index (κ1) is 14.5. The van der Waals surface area contributed by atoms with Crippen LogP contribution in [0, 0.1) is 0 Å². The van der Waals surface area contributed by atoms with Crippen LogP contribution in [-0.4, -0.2) is 32.4 Å². The van der Waals surface area contributed by atoms with Gasteiger partial charge in [-0.05, 0) is 31.0 Å². The van der Waals surface area contributed by atoms with Gasteiger partial charge in [0.2, 0.25) is 5.91 Å². The van der Waals surface area contributed by atoms with Crippen LogP contribution in [0.3, 0.4) is 0 Å². The number of hydrogen-bond donors (Lipinski definition) is 2. The Morgan fingerprint density at radius 3 is 2.39 bits per heavy atom. The zero-order chi connectivity index (χ0) is 13.8. The van der Waals surface area contributed by atoms with Gasteiger partial charge in [-0.25, -0.2) is 8.42 Å². The number of hydrogen-bond acceptors (Lipinski definition) is 4. The molecule has 6 heteroatoms. The van der Waals surface area contributed by atoms with Crippen LogP contribution >= 0.6 is 0 Å². The van der Waals surface area contributed by atoms with E-state index in [1.54, 1.807) is 12.1 Å². The summed E-state index contributed by atoms with van der Waals surface area (Å²) in [4.78, 5) is 11.5. The summed E-state index contributed by atoms with van der Waals surface area (Å²) in [5, 5.41) is 1.59. The normalized spacial score (nSPS) is 13.0. The Kier molecular flexibility index (Phi) is 4.72. The molecule has 0 fully saturated rings. The average Bonchev–Trinajstić information content (AvgIpc) is 2.29. The molecule has 18 heavy (non-hydrogen) atoms. The molecule has 0 aliphatic carbocycles. The van der Waals surface area contributed by atoms with Crippen molar-refractivity contribution in [1.29, 1.82) is 0 Å². The van der Waals surface area contributed by atoms with Crippen LogP contribution in [-0.2, 0) is 21.1 Å². The van der Waals surface area contributed by atoms with Crippen LogP contribution in [0.25, 0.3) is 0 Å². The van der Waals surface area contributed by atoms with E-state index in [9.17, 15) is 13.2 Å². The van der Waals surface area contributed by atoms with Crippen molar-refractivity contribution >= 4 is 21.4 Å². The maximum absolute atomic E-state index is 11.5. The molecule has 1 amide bonds. The van der Waals surface area contributed by atoms with Gasteiger partial charge in [-0.3, -0.25) is 4.79 Å². The lowest BCUT2D eigenvalue weighted by atomic mass is 10.1. The minimum atomic E-state index is -3.33. The molecule has 1 atom stereocenters. The smallest absolute Gasteiger partial charge is 0.238 e. The largest absolute Gasteiger partial charge is 0.399 e. The second-order valence-electron chi connectivity index (χ2n) is 4.25. The maximum atomic E-state index is 11.5. The number of amides is 1. The Labute approximate surface area is 107 Å². The molecule has 0 aliphatic rings. The third-order valence-corrected chi connectivity index (χ3v) is 4.20. The number of nitrogens with one attached hydrogen (secondary N) is 1. The average molecular weight is 270 g/mol. The van der Waals surface area contributed by atoms with Crippen LogP contribution in [0.15, 0.2) is 24.3 Å².